The van der Waals surface area contributed by atoms with Crippen molar-refractivity contribution < 1.29 is 4.79 Å². The van der Waals surface area contributed by atoms with Crippen molar-refractivity contribution in [3.63, 3.8) is 0 Å². The molecule has 0 saturated carbocycles. The minimum Gasteiger partial charge on any atom is -0.332 e. The van der Waals surface area contributed by atoms with E-state index in [0.717, 1.165) is 22.5 Å². The summed E-state index contributed by atoms with van der Waals surface area (Å²) in [6, 6.07) is 21.6. The third kappa shape index (κ3) is 5.61. The lowest BCUT2D eigenvalue weighted by Gasteiger charge is -2.11. The fraction of sp³-hybridized carbons (Fsp3) is 0.154. The average Bonchev–Trinajstić information content (AvgIpc) is 3.21. The minimum absolute atomic E-state index is 0.149. The van der Waals surface area contributed by atoms with E-state index in [1.165, 1.54) is 22.9 Å². The number of aryl methyl sites for hydroxylation is 2. The zero-order chi connectivity index (χ0) is 23.5. The first-order chi connectivity index (χ1) is 15.8. The maximum absolute atomic E-state index is 12.8. The molecule has 2 N–H and O–H groups in total. The van der Waals surface area contributed by atoms with Crippen molar-refractivity contribution in [2.75, 3.05) is 5.32 Å². The lowest BCUT2D eigenvalue weighted by molar-refractivity contribution is -0.115. The van der Waals surface area contributed by atoms with Crippen LogP contribution >= 0.6 is 35.0 Å². The molecule has 4 nitrogen and oxygen atoms in total. The highest BCUT2D eigenvalue weighted by atomic mass is 35.5. The number of aromatic nitrogens is 2. The van der Waals surface area contributed by atoms with E-state index in [1.54, 1.807) is 18.2 Å². The standard InChI is InChI=1S/C26H23Cl2N3OS/c1-15-4-8-18(9-5-15)23-24(19-10-6-16(2)7-11-19)31-26(30-23)33-17(3)25(32)29-20-12-13-21(27)22(28)14-20/h4-14,17H,1-3H3,(H,29,32)(H,30,31). The Labute approximate surface area is 207 Å². The van der Waals surface area contributed by atoms with E-state index in [2.05, 4.69) is 72.7 Å². The van der Waals surface area contributed by atoms with Gasteiger partial charge in [0.05, 0.1) is 26.7 Å². The molecular weight excluding hydrogens is 473 g/mol. The van der Waals surface area contributed by atoms with Crippen LogP contribution in [0.2, 0.25) is 10.0 Å². The first-order valence-electron chi connectivity index (χ1n) is 10.5. The van der Waals surface area contributed by atoms with E-state index >= 15 is 0 Å². The zero-order valence-corrected chi connectivity index (χ0v) is 20.8. The fourth-order valence-electron chi connectivity index (χ4n) is 3.30. The van der Waals surface area contributed by atoms with Gasteiger partial charge >= 0.3 is 0 Å². The Morgan fingerprint density at radius 1 is 0.909 bits per heavy atom. The average molecular weight is 496 g/mol. The van der Waals surface area contributed by atoms with Crippen molar-refractivity contribution in [2.24, 2.45) is 0 Å². The van der Waals surface area contributed by atoms with Crippen LogP contribution in [0.1, 0.15) is 18.1 Å². The predicted octanol–water partition coefficient (Wildman–Crippen LogP) is 7.79. The second-order valence-corrected chi connectivity index (χ2v) is 10.0. The van der Waals surface area contributed by atoms with Gasteiger partial charge in [0.1, 0.15) is 0 Å². The maximum Gasteiger partial charge on any atom is 0.237 e. The quantitative estimate of drug-likeness (QED) is 0.268. The maximum atomic E-state index is 12.8. The van der Waals surface area contributed by atoms with Crippen LogP contribution in [-0.2, 0) is 4.79 Å². The molecule has 4 aromatic rings. The molecule has 0 aliphatic heterocycles. The van der Waals surface area contributed by atoms with Gasteiger partial charge in [-0.3, -0.25) is 4.79 Å². The summed E-state index contributed by atoms with van der Waals surface area (Å²) in [6.45, 7) is 5.97. The third-order valence-electron chi connectivity index (χ3n) is 5.19. The van der Waals surface area contributed by atoms with Crippen LogP contribution in [0.25, 0.3) is 22.5 Å². The summed E-state index contributed by atoms with van der Waals surface area (Å²) in [6.07, 6.45) is 0. The number of hydrogen-bond donors (Lipinski definition) is 2. The number of nitrogens with one attached hydrogen (secondary N) is 2. The Hall–Kier alpha value is -2.73. The van der Waals surface area contributed by atoms with E-state index < -0.39 is 0 Å². The Morgan fingerprint density at radius 2 is 1.52 bits per heavy atom. The molecule has 0 aliphatic carbocycles. The molecule has 4 rings (SSSR count). The summed E-state index contributed by atoms with van der Waals surface area (Å²) >= 11 is 13.4. The smallest absolute Gasteiger partial charge is 0.237 e. The lowest BCUT2D eigenvalue weighted by atomic mass is 10.0. The Morgan fingerprint density at radius 3 is 2.12 bits per heavy atom. The summed E-state index contributed by atoms with van der Waals surface area (Å²) in [5.41, 5.74) is 6.83. The van der Waals surface area contributed by atoms with Crippen LogP contribution < -0.4 is 5.32 Å². The molecule has 0 fully saturated rings. The zero-order valence-electron chi connectivity index (χ0n) is 18.4. The lowest BCUT2D eigenvalue weighted by Crippen LogP contribution is -2.22. The van der Waals surface area contributed by atoms with Crippen molar-refractivity contribution in [1.82, 2.24) is 9.97 Å². The summed E-state index contributed by atoms with van der Waals surface area (Å²) in [7, 11) is 0. The number of rotatable bonds is 6. The Bertz CT molecular complexity index is 1220. The van der Waals surface area contributed by atoms with Crippen LogP contribution in [-0.4, -0.2) is 21.1 Å². The van der Waals surface area contributed by atoms with E-state index in [1.807, 2.05) is 6.92 Å². The van der Waals surface area contributed by atoms with Gasteiger partial charge in [0.2, 0.25) is 5.91 Å². The van der Waals surface area contributed by atoms with Crippen LogP contribution in [0.3, 0.4) is 0 Å². The molecular formula is C26H23Cl2N3OS. The number of imidazole rings is 1. The third-order valence-corrected chi connectivity index (χ3v) is 6.92. The molecule has 0 saturated heterocycles. The van der Waals surface area contributed by atoms with Crippen molar-refractivity contribution in [3.8, 4) is 22.5 Å². The molecule has 33 heavy (non-hydrogen) atoms. The van der Waals surface area contributed by atoms with Gasteiger partial charge in [-0.25, -0.2) is 4.98 Å². The fourth-order valence-corrected chi connectivity index (χ4v) is 4.40. The molecule has 1 unspecified atom stereocenters. The summed E-state index contributed by atoms with van der Waals surface area (Å²) in [5.74, 6) is -0.149. The van der Waals surface area contributed by atoms with Crippen molar-refractivity contribution in [1.29, 1.82) is 0 Å². The van der Waals surface area contributed by atoms with Crippen LogP contribution in [0.5, 0.6) is 0 Å². The number of halogens is 2. The number of amides is 1. The molecule has 0 radical (unpaired) electrons. The normalized spacial score (nSPS) is 11.9. The molecule has 1 amide bonds. The SMILES string of the molecule is Cc1ccc(-c2nc(SC(C)C(=O)Nc3ccc(Cl)c(Cl)c3)[nH]c2-c2ccc(C)cc2)cc1. The van der Waals surface area contributed by atoms with Crippen LogP contribution in [0.15, 0.2) is 71.9 Å². The molecule has 168 valence electrons. The number of carbonyl (C=O) groups excluding carboxylic acids is 1. The van der Waals surface area contributed by atoms with Gasteiger partial charge < -0.3 is 10.3 Å². The van der Waals surface area contributed by atoms with Crippen molar-refractivity contribution in [2.45, 2.75) is 31.2 Å². The Kier molecular flexibility index (Phi) is 7.13. The predicted molar refractivity (Wildman–Crippen MR) is 139 cm³/mol. The van der Waals surface area contributed by atoms with Gasteiger partial charge in [0.25, 0.3) is 0 Å². The number of anilines is 1. The highest BCUT2D eigenvalue weighted by Crippen LogP contribution is 2.34. The molecule has 1 atom stereocenters. The molecule has 0 bridgehead atoms. The van der Waals surface area contributed by atoms with Gasteiger partial charge in [-0.05, 0) is 39.0 Å². The number of thioether (sulfide) groups is 1. The number of benzene rings is 3. The second-order valence-electron chi connectivity index (χ2n) is 7.88. The number of hydrogen-bond acceptors (Lipinski definition) is 3. The first-order valence-corrected chi connectivity index (χ1v) is 12.1. The molecule has 0 spiro atoms. The highest BCUT2D eigenvalue weighted by Gasteiger charge is 2.20. The number of carbonyl (C=O) groups is 1. The van der Waals surface area contributed by atoms with Gasteiger partial charge in [0, 0.05) is 16.8 Å². The monoisotopic (exact) mass is 495 g/mol. The van der Waals surface area contributed by atoms with Gasteiger partial charge in [-0.2, -0.15) is 0 Å². The highest BCUT2D eigenvalue weighted by molar-refractivity contribution is 8.00. The topological polar surface area (TPSA) is 57.8 Å². The van der Waals surface area contributed by atoms with Gasteiger partial charge in [-0.1, -0.05) is 94.6 Å². The molecule has 1 aromatic heterocycles. The number of aromatic amines is 1. The van der Waals surface area contributed by atoms with E-state index in [-0.39, 0.29) is 11.2 Å². The summed E-state index contributed by atoms with van der Waals surface area (Å²) in [5, 5.41) is 4.01. The molecule has 1 heterocycles. The van der Waals surface area contributed by atoms with E-state index in [4.69, 9.17) is 28.2 Å². The van der Waals surface area contributed by atoms with Gasteiger partial charge in [0.15, 0.2) is 5.16 Å². The number of H-pyrrole nitrogens is 1. The van der Waals surface area contributed by atoms with Crippen LogP contribution in [0, 0.1) is 13.8 Å². The summed E-state index contributed by atoms with van der Waals surface area (Å²) in [4.78, 5) is 21.1. The molecule has 7 heteroatoms. The van der Waals surface area contributed by atoms with E-state index in [0.29, 0.717) is 20.9 Å². The molecule has 3 aromatic carbocycles. The summed E-state index contributed by atoms with van der Waals surface area (Å²) < 4.78 is 0. The molecule has 0 aliphatic rings. The van der Waals surface area contributed by atoms with Crippen molar-refractivity contribution >= 4 is 46.6 Å². The van der Waals surface area contributed by atoms with Crippen molar-refractivity contribution in [3.05, 3.63) is 87.9 Å². The van der Waals surface area contributed by atoms with Gasteiger partial charge in [-0.15, -0.1) is 0 Å². The largest absolute Gasteiger partial charge is 0.332 e. The van der Waals surface area contributed by atoms with E-state index in [9.17, 15) is 4.79 Å². The minimum atomic E-state index is -0.387. The second kappa shape index (κ2) is 10.0. The number of nitrogens with zero attached hydrogens (tertiary/aromatic N) is 1. The first kappa shape index (κ1) is 23.4. The Balaban J connectivity index is 1.59. The van der Waals surface area contributed by atoms with Crippen LogP contribution in [0.4, 0.5) is 5.69 Å².